The van der Waals surface area contributed by atoms with Crippen molar-refractivity contribution in [1.29, 1.82) is 0 Å². The van der Waals surface area contributed by atoms with Crippen molar-refractivity contribution < 1.29 is 39.6 Å². The Kier molecular flexibility index (Phi) is 16.6. The highest BCUT2D eigenvalue weighted by Gasteiger charge is 2.12. The minimum atomic E-state index is -1.17. The molecule has 0 spiro atoms. The van der Waals surface area contributed by atoms with E-state index in [1.807, 2.05) is 30.3 Å². The predicted octanol–water partition coefficient (Wildman–Crippen LogP) is -0.286. The van der Waals surface area contributed by atoms with Gasteiger partial charge in [0, 0.05) is 12.8 Å². The second kappa shape index (κ2) is 17.1. The van der Waals surface area contributed by atoms with Crippen molar-refractivity contribution in [1.82, 2.24) is 0 Å². The summed E-state index contributed by atoms with van der Waals surface area (Å²) in [7, 11) is 0. The van der Waals surface area contributed by atoms with Crippen molar-refractivity contribution in [3.05, 3.63) is 35.9 Å². The highest BCUT2D eigenvalue weighted by atomic mass is 16.4. The maximum atomic E-state index is 10.4. The zero-order valence-corrected chi connectivity index (χ0v) is 15.9. The van der Waals surface area contributed by atoms with E-state index < -0.39 is 36.0 Å². The van der Waals surface area contributed by atoms with Crippen LogP contribution in [0.25, 0.3) is 0 Å². The molecular weight excluding hydrogens is 386 g/mol. The number of carboxylic acids is 4. The molecule has 0 radical (unpaired) electrons. The number of hydrogen-bond acceptors (Lipinski definition) is 7. The quantitative estimate of drug-likeness (QED) is 0.262. The average Bonchev–Trinajstić information content (AvgIpc) is 2.66. The van der Waals surface area contributed by atoms with Gasteiger partial charge in [-0.25, -0.2) is 0 Å². The van der Waals surface area contributed by atoms with Crippen LogP contribution in [0.3, 0.4) is 0 Å². The molecule has 0 saturated carbocycles. The van der Waals surface area contributed by atoms with Gasteiger partial charge in [-0.05, 0) is 31.4 Å². The molecule has 11 nitrogen and oxygen atoms in total. The molecule has 0 unspecified atom stereocenters. The molecule has 0 aliphatic rings. The third-order valence-electron chi connectivity index (χ3n) is 3.20. The highest BCUT2D eigenvalue weighted by molar-refractivity contribution is 5.74. The molecule has 164 valence electrons. The Morgan fingerprint density at radius 1 is 0.793 bits per heavy atom. The summed E-state index contributed by atoms with van der Waals surface area (Å²) in [6.45, 7) is 0.465. The first kappa shape index (κ1) is 28.2. The lowest BCUT2D eigenvalue weighted by atomic mass is 10.1. The second-order valence-corrected chi connectivity index (χ2v) is 5.80. The van der Waals surface area contributed by atoms with Gasteiger partial charge in [0.2, 0.25) is 0 Å². The molecule has 1 aromatic rings. The molecule has 0 saturated heterocycles. The van der Waals surface area contributed by atoms with E-state index >= 15 is 0 Å². The van der Waals surface area contributed by atoms with Crippen molar-refractivity contribution in [2.45, 2.75) is 44.2 Å². The summed E-state index contributed by atoms with van der Waals surface area (Å²) in [4.78, 5) is 40.0. The summed E-state index contributed by atoms with van der Waals surface area (Å²) in [5.41, 5.74) is 16.3. The molecule has 1 aromatic carbocycles. The summed E-state index contributed by atoms with van der Waals surface area (Å²) >= 11 is 0. The Balaban J connectivity index is 0. The smallest absolute Gasteiger partial charge is 0.320 e. The number of nitrogens with two attached hydrogens (primary N) is 3. The number of benzene rings is 1. The minimum Gasteiger partial charge on any atom is -0.481 e. The molecular formula is C18H29N3O8. The summed E-state index contributed by atoms with van der Waals surface area (Å²) in [6.07, 6.45) is 0.931. The van der Waals surface area contributed by atoms with Gasteiger partial charge in [-0.3, -0.25) is 19.2 Å². The van der Waals surface area contributed by atoms with E-state index in [1.54, 1.807) is 0 Å². The van der Waals surface area contributed by atoms with Gasteiger partial charge in [-0.2, -0.15) is 0 Å². The third kappa shape index (κ3) is 19.5. The van der Waals surface area contributed by atoms with E-state index in [0.717, 1.165) is 5.56 Å². The van der Waals surface area contributed by atoms with Crippen molar-refractivity contribution in [2.24, 2.45) is 17.2 Å². The Labute approximate surface area is 168 Å². The molecule has 0 aliphatic heterocycles. The van der Waals surface area contributed by atoms with Gasteiger partial charge in [-0.15, -0.1) is 0 Å². The first-order chi connectivity index (χ1) is 13.5. The average molecular weight is 415 g/mol. The molecule has 1 rings (SSSR count). The van der Waals surface area contributed by atoms with E-state index in [0.29, 0.717) is 19.4 Å². The number of hydrogen-bond donors (Lipinski definition) is 7. The maximum absolute atomic E-state index is 10.4. The van der Waals surface area contributed by atoms with E-state index in [1.165, 1.54) is 0 Å². The number of carboxylic acid groups (broad SMARTS) is 4. The zero-order chi connectivity index (χ0) is 22.8. The lowest BCUT2D eigenvalue weighted by molar-refractivity contribution is -0.140. The van der Waals surface area contributed by atoms with Gasteiger partial charge in [0.05, 0.1) is 0 Å². The lowest BCUT2D eigenvalue weighted by Crippen LogP contribution is -2.32. The lowest BCUT2D eigenvalue weighted by Gasteiger charge is -2.04. The number of carbonyl (C=O) groups is 4. The van der Waals surface area contributed by atoms with Gasteiger partial charge in [-0.1, -0.05) is 30.3 Å². The molecule has 0 aliphatic carbocycles. The standard InChI is InChI=1S/C9H11NO2.C5H9NO4.C4H9NO2/c10-8(9(11)12)6-7-4-2-1-3-5-7;6-3(5(9)10)1-2-4(7)8;5-3-1-2-4(6)7/h1-5,8H,6,10H2,(H,11,12);3H,1-2,6H2,(H,7,8)(H,9,10);1-3,5H2,(H,6,7)/t8-;3-;/m00./s1. The maximum Gasteiger partial charge on any atom is 0.320 e. The topological polar surface area (TPSA) is 227 Å². The molecule has 0 aromatic heterocycles. The van der Waals surface area contributed by atoms with E-state index in [-0.39, 0.29) is 19.3 Å². The minimum absolute atomic E-state index is 0.0231. The number of rotatable bonds is 10. The normalized spacial score (nSPS) is 11.6. The fraction of sp³-hybridized carbons (Fsp3) is 0.444. The van der Waals surface area contributed by atoms with Crippen LogP contribution in [0.2, 0.25) is 0 Å². The van der Waals surface area contributed by atoms with Crippen molar-refractivity contribution in [3.63, 3.8) is 0 Å². The fourth-order valence-electron chi connectivity index (χ4n) is 1.61. The first-order valence-corrected chi connectivity index (χ1v) is 8.65. The highest BCUT2D eigenvalue weighted by Crippen LogP contribution is 2.01. The largest absolute Gasteiger partial charge is 0.481 e. The monoisotopic (exact) mass is 415 g/mol. The van der Waals surface area contributed by atoms with Crippen molar-refractivity contribution in [3.8, 4) is 0 Å². The predicted molar refractivity (Wildman–Crippen MR) is 104 cm³/mol. The zero-order valence-electron chi connectivity index (χ0n) is 15.9. The molecule has 29 heavy (non-hydrogen) atoms. The van der Waals surface area contributed by atoms with Gasteiger partial charge in [0.25, 0.3) is 0 Å². The summed E-state index contributed by atoms with van der Waals surface area (Å²) in [5, 5.41) is 32.8. The van der Waals surface area contributed by atoms with Gasteiger partial charge < -0.3 is 37.6 Å². The van der Waals surface area contributed by atoms with Crippen LogP contribution >= 0.6 is 0 Å². The summed E-state index contributed by atoms with van der Waals surface area (Å²) in [5.74, 6) is -3.93. The number of aliphatic carboxylic acids is 4. The van der Waals surface area contributed by atoms with Crippen LogP contribution in [0.15, 0.2) is 30.3 Å². The Morgan fingerprint density at radius 3 is 1.62 bits per heavy atom. The van der Waals surface area contributed by atoms with Gasteiger partial charge >= 0.3 is 23.9 Å². The van der Waals surface area contributed by atoms with E-state index in [9.17, 15) is 19.2 Å². The van der Waals surface area contributed by atoms with Crippen LogP contribution in [0.5, 0.6) is 0 Å². The molecule has 2 atom stereocenters. The van der Waals surface area contributed by atoms with Crippen molar-refractivity contribution in [2.75, 3.05) is 6.54 Å². The Hall–Kier alpha value is -3.02. The van der Waals surface area contributed by atoms with E-state index in [2.05, 4.69) is 0 Å². The molecule has 0 heterocycles. The van der Waals surface area contributed by atoms with Crippen LogP contribution < -0.4 is 17.2 Å². The third-order valence-corrected chi connectivity index (χ3v) is 3.20. The van der Waals surface area contributed by atoms with Crippen LogP contribution in [0.4, 0.5) is 0 Å². The fourth-order valence-corrected chi connectivity index (χ4v) is 1.61. The first-order valence-electron chi connectivity index (χ1n) is 8.65. The molecule has 10 N–H and O–H groups in total. The van der Waals surface area contributed by atoms with E-state index in [4.69, 9.17) is 37.6 Å². The van der Waals surface area contributed by atoms with Gasteiger partial charge in [0.1, 0.15) is 12.1 Å². The van der Waals surface area contributed by atoms with Crippen molar-refractivity contribution >= 4 is 23.9 Å². The molecule has 0 amide bonds. The molecule has 0 bridgehead atoms. The summed E-state index contributed by atoms with van der Waals surface area (Å²) in [6, 6.07) is 7.48. The Morgan fingerprint density at radius 2 is 1.28 bits per heavy atom. The van der Waals surface area contributed by atoms with Crippen LogP contribution in [-0.2, 0) is 25.6 Å². The molecule has 0 fully saturated rings. The summed E-state index contributed by atoms with van der Waals surface area (Å²) < 4.78 is 0. The molecule has 11 heteroatoms. The van der Waals surface area contributed by atoms with Crippen LogP contribution in [0, 0.1) is 0 Å². The van der Waals surface area contributed by atoms with Crippen LogP contribution in [0.1, 0.15) is 31.2 Å². The SMILES string of the molecule is NCCCC(=O)O.N[C@@H](CCC(=O)O)C(=O)O.N[C@@H](Cc1ccccc1)C(=O)O. The van der Waals surface area contributed by atoms with Crippen LogP contribution in [-0.4, -0.2) is 62.9 Å². The second-order valence-electron chi connectivity index (χ2n) is 5.80. The Bertz CT molecular complexity index is 625. The van der Waals surface area contributed by atoms with Gasteiger partial charge in [0.15, 0.2) is 0 Å².